The van der Waals surface area contributed by atoms with Crippen molar-refractivity contribution in [3.05, 3.63) is 59.4 Å². The zero-order chi connectivity index (χ0) is 19.0. The number of halogens is 1. The van der Waals surface area contributed by atoms with Gasteiger partial charge in [-0.05, 0) is 37.1 Å². The van der Waals surface area contributed by atoms with E-state index in [9.17, 15) is 9.18 Å². The first-order valence-electron chi connectivity index (χ1n) is 9.03. The van der Waals surface area contributed by atoms with Crippen LogP contribution in [0, 0.1) is 5.82 Å². The number of aromatic nitrogens is 2. The summed E-state index contributed by atoms with van der Waals surface area (Å²) >= 11 is 0. The fraction of sp³-hybridized carbons (Fsp3) is 0.350. The Kier molecular flexibility index (Phi) is 4.51. The summed E-state index contributed by atoms with van der Waals surface area (Å²) in [5, 5.41) is 8.11. The van der Waals surface area contributed by atoms with Crippen LogP contribution >= 0.6 is 0 Å². The van der Waals surface area contributed by atoms with Crippen LogP contribution in [0.4, 0.5) is 4.39 Å². The van der Waals surface area contributed by atoms with Gasteiger partial charge in [-0.25, -0.2) is 4.39 Å². The lowest BCUT2D eigenvalue weighted by molar-refractivity contribution is 0.0688. The van der Waals surface area contributed by atoms with E-state index in [1.54, 1.807) is 23.1 Å². The third-order valence-electron chi connectivity index (χ3n) is 4.83. The van der Waals surface area contributed by atoms with E-state index < -0.39 is 0 Å². The van der Waals surface area contributed by atoms with Crippen LogP contribution in [-0.2, 0) is 0 Å². The summed E-state index contributed by atoms with van der Waals surface area (Å²) in [6, 6.07) is 9.27. The quantitative estimate of drug-likeness (QED) is 0.674. The molecule has 0 aliphatic carbocycles. The molecule has 140 valence electrons. The van der Waals surface area contributed by atoms with Gasteiger partial charge in [-0.3, -0.25) is 4.79 Å². The summed E-state index contributed by atoms with van der Waals surface area (Å²) in [5.41, 5.74) is 1.95. The summed E-state index contributed by atoms with van der Waals surface area (Å²) in [7, 11) is 0. The lowest BCUT2D eigenvalue weighted by Gasteiger charge is -2.21. The van der Waals surface area contributed by atoms with Gasteiger partial charge in [0.2, 0.25) is 5.76 Å². The third-order valence-corrected chi connectivity index (χ3v) is 4.83. The predicted molar refractivity (Wildman–Crippen MR) is 95.5 cm³/mol. The highest BCUT2D eigenvalue weighted by atomic mass is 19.1. The molecule has 1 fully saturated rings. The van der Waals surface area contributed by atoms with Crippen molar-refractivity contribution in [3.63, 3.8) is 0 Å². The minimum atomic E-state index is -0.327. The average Bonchev–Trinajstić information content (AvgIpc) is 3.40. The molecule has 0 N–H and O–H groups in total. The number of nitrogens with zero attached hydrogens (tertiary/aromatic N) is 3. The molecule has 1 aliphatic heterocycles. The van der Waals surface area contributed by atoms with Gasteiger partial charge in [0.25, 0.3) is 5.91 Å². The molecule has 1 saturated heterocycles. The van der Waals surface area contributed by atoms with E-state index in [-0.39, 0.29) is 29.4 Å². The fourth-order valence-electron chi connectivity index (χ4n) is 3.32. The van der Waals surface area contributed by atoms with Crippen molar-refractivity contribution in [1.29, 1.82) is 0 Å². The average molecular weight is 369 g/mol. The highest BCUT2D eigenvalue weighted by molar-refractivity contribution is 5.92. The van der Waals surface area contributed by atoms with Gasteiger partial charge in [-0.15, -0.1) is 0 Å². The first kappa shape index (κ1) is 17.5. The zero-order valence-corrected chi connectivity index (χ0v) is 15.2. The Morgan fingerprint density at radius 3 is 2.67 bits per heavy atom. The van der Waals surface area contributed by atoms with Gasteiger partial charge in [0.15, 0.2) is 0 Å². The number of hydrogen-bond donors (Lipinski definition) is 0. The van der Waals surface area contributed by atoms with Crippen molar-refractivity contribution >= 4 is 5.91 Å². The van der Waals surface area contributed by atoms with Crippen molar-refractivity contribution in [1.82, 2.24) is 15.2 Å². The van der Waals surface area contributed by atoms with E-state index in [2.05, 4.69) is 10.3 Å². The zero-order valence-electron chi connectivity index (χ0n) is 15.2. The third kappa shape index (κ3) is 3.37. The maximum absolute atomic E-state index is 13.1. The van der Waals surface area contributed by atoms with E-state index in [0.29, 0.717) is 17.8 Å². The van der Waals surface area contributed by atoms with Gasteiger partial charge in [0, 0.05) is 30.2 Å². The predicted octanol–water partition coefficient (Wildman–Crippen LogP) is 4.57. The fourth-order valence-corrected chi connectivity index (χ4v) is 3.32. The molecule has 1 amide bonds. The molecule has 2 aromatic heterocycles. The molecule has 3 aromatic rings. The lowest BCUT2D eigenvalue weighted by atomic mass is 10.1. The maximum Gasteiger partial charge on any atom is 0.293 e. The molecule has 0 unspecified atom stereocenters. The standard InChI is InChI=1S/C20H20FN3O3/c1-12(2)18-11-16(23-26-18)17-4-3-9-24(17)20(25)19-10-15(22-27-19)13-5-7-14(21)8-6-13/h5-8,10-12,17H,3-4,9H2,1-2H3/t17-/m0/s1. The van der Waals surface area contributed by atoms with Gasteiger partial charge < -0.3 is 13.9 Å². The molecule has 7 heteroatoms. The molecular formula is C20H20FN3O3. The smallest absolute Gasteiger partial charge is 0.293 e. The topological polar surface area (TPSA) is 72.4 Å². The van der Waals surface area contributed by atoms with Crippen molar-refractivity contribution in [2.24, 2.45) is 0 Å². The van der Waals surface area contributed by atoms with E-state index in [1.165, 1.54) is 12.1 Å². The van der Waals surface area contributed by atoms with Gasteiger partial charge in [-0.2, -0.15) is 0 Å². The minimum Gasteiger partial charge on any atom is -0.361 e. The van der Waals surface area contributed by atoms with E-state index in [1.807, 2.05) is 19.9 Å². The number of carbonyl (C=O) groups is 1. The van der Waals surface area contributed by atoms with E-state index in [4.69, 9.17) is 9.05 Å². The Hall–Kier alpha value is -2.96. The largest absolute Gasteiger partial charge is 0.361 e. The van der Waals surface area contributed by atoms with Gasteiger partial charge in [0.05, 0.1) is 6.04 Å². The Morgan fingerprint density at radius 1 is 1.19 bits per heavy atom. The number of benzene rings is 1. The Bertz CT molecular complexity index is 946. The number of rotatable bonds is 4. The molecule has 0 spiro atoms. The Balaban J connectivity index is 1.55. The summed E-state index contributed by atoms with van der Waals surface area (Å²) in [4.78, 5) is 14.7. The molecule has 6 nitrogen and oxygen atoms in total. The van der Waals surface area contributed by atoms with Crippen LogP contribution in [0.25, 0.3) is 11.3 Å². The second-order valence-electron chi connectivity index (χ2n) is 7.05. The second-order valence-corrected chi connectivity index (χ2v) is 7.05. The molecule has 4 rings (SSSR count). The highest BCUT2D eigenvalue weighted by Crippen LogP contribution is 2.34. The lowest BCUT2D eigenvalue weighted by Crippen LogP contribution is -2.30. The number of amides is 1. The molecule has 0 radical (unpaired) electrons. The van der Waals surface area contributed by atoms with Crippen LogP contribution in [0.1, 0.15) is 60.7 Å². The van der Waals surface area contributed by atoms with Crippen LogP contribution in [0.5, 0.6) is 0 Å². The molecule has 0 saturated carbocycles. The Labute approximate surface area is 155 Å². The van der Waals surface area contributed by atoms with Crippen LogP contribution in [-0.4, -0.2) is 27.7 Å². The van der Waals surface area contributed by atoms with Gasteiger partial charge >= 0.3 is 0 Å². The van der Waals surface area contributed by atoms with Gasteiger partial charge in [0.1, 0.15) is 23.0 Å². The van der Waals surface area contributed by atoms with Crippen molar-refractivity contribution in [2.75, 3.05) is 6.54 Å². The number of hydrogen-bond acceptors (Lipinski definition) is 5. The normalized spacial score (nSPS) is 17.0. The molecule has 27 heavy (non-hydrogen) atoms. The van der Waals surface area contributed by atoms with Crippen molar-refractivity contribution in [3.8, 4) is 11.3 Å². The van der Waals surface area contributed by atoms with Crippen LogP contribution in [0.15, 0.2) is 45.4 Å². The minimum absolute atomic E-state index is 0.131. The first-order valence-corrected chi connectivity index (χ1v) is 9.03. The van der Waals surface area contributed by atoms with E-state index >= 15 is 0 Å². The van der Waals surface area contributed by atoms with E-state index in [0.717, 1.165) is 24.3 Å². The molecule has 1 aliphatic rings. The summed E-state index contributed by atoms with van der Waals surface area (Å²) < 4.78 is 23.7. The second kappa shape index (κ2) is 6.98. The highest BCUT2D eigenvalue weighted by Gasteiger charge is 2.34. The van der Waals surface area contributed by atoms with Crippen molar-refractivity contribution < 1.29 is 18.2 Å². The van der Waals surface area contributed by atoms with Crippen LogP contribution in [0.2, 0.25) is 0 Å². The first-order chi connectivity index (χ1) is 13.0. The molecular weight excluding hydrogens is 349 g/mol. The maximum atomic E-state index is 13.1. The van der Waals surface area contributed by atoms with Crippen LogP contribution in [0.3, 0.4) is 0 Å². The monoisotopic (exact) mass is 369 g/mol. The Morgan fingerprint density at radius 2 is 1.96 bits per heavy atom. The molecule has 1 atom stereocenters. The van der Waals surface area contributed by atoms with Gasteiger partial charge in [-0.1, -0.05) is 24.2 Å². The molecule has 0 bridgehead atoms. The van der Waals surface area contributed by atoms with Crippen LogP contribution < -0.4 is 0 Å². The molecule has 1 aromatic carbocycles. The number of carbonyl (C=O) groups excluding carboxylic acids is 1. The number of likely N-dealkylation sites (tertiary alicyclic amines) is 1. The molecule has 3 heterocycles. The summed E-state index contributed by atoms with van der Waals surface area (Å²) in [5.74, 6) is 0.653. The summed E-state index contributed by atoms with van der Waals surface area (Å²) in [6.45, 7) is 4.70. The van der Waals surface area contributed by atoms with Crippen molar-refractivity contribution in [2.45, 2.75) is 38.6 Å². The summed E-state index contributed by atoms with van der Waals surface area (Å²) in [6.07, 6.45) is 1.72. The SMILES string of the molecule is CC(C)c1cc([C@@H]2CCCN2C(=O)c2cc(-c3ccc(F)cc3)no2)no1.